The molecule has 1 atom stereocenters. The monoisotopic (exact) mass is 325 g/mol. The van der Waals surface area contributed by atoms with Gasteiger partial charge in [-0.1, -0.05) is 54.1 Å². The van der Waals surface area contributed by atoms with E-state index in [4.69, 9.17) is 11.6 Å². The molecule has 0 spiro atoms. The first-order valence-electron chi connectivity index (χ1n) is 7.30. The predicted molar refractivity (Wildman–Crippen MR) is 91.4 cm³/mol. The minimum atomic E-state index is -0.176. The molecule has 1 heterocycles. The van der Waals surface area contributed by atoms with Crippen molar-refractivity contribution in [1.29, 1.82) is 0 Å². The molecule has 0 radical (unpaired) electrons. The zero-order valence-corrected chi connectivity index (χ0v) is 13.3. The number of nitrogens with zero attached hydrogens (tertiary/aromatic N) is 1. The molecule has 1 amide bonds. The molecule has 4 nitrogen and oxygen atoms in total. The molecule has 0 aliphatic rings. The fourth-order valence-electron chi connectivity index (χ4n) is 2.42. The summed E-state index contributed by atoms with van der Waals surface area (Å²) in [6.07, 6.45) is 1.53. The number of hydrogen-bond acceptors (Lipinski definition) is 2. The fourth-order valence-corrected chi connectivity index (χ4v) is 2.61. The number of nitrogens with one attached hydrogen (secondary N) is 2. The van der Waals surface area contributed by atoms with Crippen molar-refractivity contribution in [3.05, 3.63) is 76.9 Å². The van der Waals surface area contributed by atoms with E-state index in [0.29, 0.717) is 16.3 Å². The van der Waals surface area contributed by atoms with Crippen LogP contribution in [0.5, 0.6) is 0 Å². The summed E-state index contributed by atoms with van der Waals surface area (Å²) in [4.78, 5) is 12.6. The number of aromatic nitrogens is 2. The molecule has 2 aromatic carbocycles. The predicted octanol–water partition coefficient (Wildman–Crippen LogP) is 4.22. The van der Waals surface area contributed by atoms with Crippen LogP contribution in [0.1, 0.15) is 28.9 Å². The first-order chi connectivity index (χ1) is 11.1. The van der Waals surface area contributed by atoms with Gasteiger partial charge in [-0.15, -0.1) is 0 Å². The molecule has 2 N–H and O–H groups in total. The molecule has 1 unspecified atom stereocenters. The summed E-state index contributed by atoms with van der Waals surface area (Å²) in [6, 6.07) is 17.0. The molecule has 3 rings (SSSR count). The Hall–Kier alpha value is -2.59. The largest absolute Gasteiger partial charge is 0.345 e. The van der Waals surface area contributed by atoms with Gasteiger partial charge in [0, 0.05) is 10.6 Å². The van der Waals surface area contributed by atoms with Crippen LogP contribution in [0.25, 0.3) is 11.3 Å². The van der Waals surface area contributed by atoms with Crippen LogP contribution in [0.15, 0.2) is 60.8 Å². The third-order valence-electron chi connectivity index (χ3n) is 3.64. The van der Waals surface area contributed by atoms with E-state index in [0.717, 1.165) is 11.1 Å². The molecule has 0 aliphatic heterocycles. The van der Waals surface area contributed by atoms with Crippen molar-refractivity contribution in [2.24, 2.45) is 0 Å². The normalized spacial score (nSPS) is 11.9. The summed E-state index contributed by atoms with van der Waals surface area (Å²) >= 11 is 6.02. The molecule has 1 aromatic heterocycles. The molecule has 0 saturated carbocycles. The first-order valence-corrected chi connectivity index (χ1v) is 7.68. The smallest absolute Gasteiger partial charge is 0.255 e. The maximum absolute atomic E-state index is 12.6. The number of carbonyl (C=O) groups excluding carboxylic acids is 1. The topological polar surface area (TPSA) is 57.8 Å². The minimum Gasteiger partial charge on any atom is -0.345 e. The van der Waals surface area contributed by atoms with E-state index in [1.165, 1.54) is 6.20 Å². The van der Waals surface area contributed by atoms with Crippen molar-refractivity contribution in [3.8, 4) is 11.3 Å². The highest BCUT2D eigenvalue weighted by Crippen LogP contribution is 2.24. The molecule has 0 fully saturated rings. The molecule has 116 valence electrons. The fraction of sp³-hybridized carbons (Fsp3) is 0.111. The van der Waals surface area contributed by atoms with Crippen LogP contribution in [-0.4, -0.2) is 16.1 Å². The van der Waals surface area contributed by atoms with Gasteiger partial charge in [0.15, 0.2) is 0 Å². The molecule has 5 heteroatoms. The lowest BCUT2D eigenvalue weighted by Crippen LogP contribution is -2.26. The maximum Gasteiger partial charge on any atom is 0.255 e. The third kappa shape index (κ3) is 3.43. The second-order valence-electron chi connectivity index (χ2n) is 5.27. The number of H-pyrrole nitrogens is 1. The number of carbonyl (C=O) groups is 1. The number of halogens is 1. The number of aromatic amines is 1. The highest BCUT2D eigenvalue weighted by molar-refractivity contribution is 6.30. The van der Waals surface area contributed by atoms with E-state index in [-0.39, 0.29) is 11.9 Å². The molecule has 3 aromatic rings. The summed E-state index contributed by atoms with van der Waals surface area (Å²) in [5.74, 6) is -0.176. The van der Waals surface area contributed by atoms with E-state index in [9.17, 15) is 4.79 Å². The summed E-state index contributed by atoms with van der Waals surface area (Å²) < 4.78 is 0. The van der Waals surface area contributed by atoms with Crippen LogP contribution < -0.4 is 5.32 Å². The van der Waals surface area contributed by atoms with E-state index < -0.39 is 0 Å². The van der Waals surface area contributed by atoms with Crippen LogP contribution in [0.2, 0.25) is 5.02 Å². The van der Waals surface area contributed by atoms with E-state index >= 15 is 0 Å². The molecular weight excluding hydrogens is 310 g/mol. The van der Waals surface area contributed by atoms with Crippen molar-refractivity contribution >= 4 is 17.5 Å². The second kappa shape index (κ2) is 6.67. The van der Waals surface area contributed by atoms with Gasteiger partial charge in [-0.25, -0.2) is 0 Å². The van der Waals surface area contributed by atoms with Gasteiger partial charge >= 0.3 is 0 Å². The number of rotatable bonds is 4. The highest BCUT2D eigenvalue weighted by atomic mass is 35.5. The summed E-state index contributed by atoms with van der Waals surface area (Å²) in [5.41, 5.74) is 3.03. The SMILES string of the molecule is CC(NC(=O)c1cn[nH]c1-c1cccc(Cl)c1)c1ccccc1. The van der Waals surface area contributed by atoms with Gasteiger partial charge in [-0.3, -0.25) is 9.89 Å². The van der Waals surface area contributed by atoms with Gasteiger partial charge in [-0.05, 0) is 24.6 Å². The Morgan fingerprint density at radius 3 is 2.70 bits per heavy atom. The molecule has 0 saturated heterocycles. The van der Waals surface area contributed by atoms with Crippen molar-refractivity contribution in [2.45, 2.75) is 13.0 Å². The lowest BCUT2D eigenvalue weighted by molar-refractivity contribution is 0.0940. The summed E-state index contributed by atoms with van der Waals surface area (Å²) in [7, 11) is 0. The Morgan fingerprint density at radius 1 is 1.17 bits per heavy atom. The lowest BCUT2D eigenvalue weighted by Gasteiger charge is -2.14. The van der Waals surface area contributed by atoms with Gasteiger partial charge in [0.05, 0.1) is 23.5 Å². The second-order valence-corrected chi connectivity index (χ2v) is 5.71. The van der Waals surface area contributed by atoms with Gasteiger partial charge in [0.1, 0.15) is 0 Å². The molecule has 0 aliphatic carbocycles. The molecule has 0 bridgehead atoms. The van der Waals surface area contributed by atoms with Crippen molar-refractivity contribution in [1.82, 2.24) is 15.5 Å². The van der Waals surface area contributed by atoms with Crippen LogP contribution in [-0.2, 0) is 0 Å². The minimum absolute atomic E-state index is 0.0918. The Kier molecular flexibility index (Phi) is 4.44. The summed E-state index contributed by atoms with van der Waals surface area (Å²) in [5, 5.41) is 10.5. The average molecular weight is 326 g/mol. The number of benzene rings is 2. The Bertz CT molecular complexity index is 814. The number of amides is 1. The Balaban J connectivity index is 1.83. The molecular formula is C18H16ClN3O. The third-order valence-corrected chi connectivity index (χ3v) is 3.88. The zero-order chi connectivity index (χ0) is 16.2. The molecule has 23 heavy (non-hydrogen) atoms. The Morgan fingerprint density at radius 2 is 1.96 bits per heavy atom. The van der Waals surface area contributed by atoms with Crippen LogP contribution in [0.3, 0.4) is 0 Å². The van der Waals surface area contributed by atoms with Crippen LogP contribution in [0.4, 0.5) is 0 Å². The summed E-state index contributed by atoms with van der Waals surface area (Å²) in [6.45, 7) is 1.95. The first kappa shape index (κ1) is 15.3. The van der Waals surface area contributed by atoms with Gasteiger partial charge in [-0.2, -0.15) is 5.10 Å². The van der Waals surface area contributed by atoms with Crippen LogP contribution in [0, 0.1) is 0 Å². The Labute approximate surface area is 139 Å². The van der Waals surface area contributed by atoms with E-state index in [1.807, 2.05) is 49.4 Å². The van der Waals surface area contributed by atoms with Crippen LogP contribution >= 0.6 is 11.6 Å². The van der Waals surface area contributed by atoms with Crippen molar-refractivity contribution < 1.29 is 4.79 Å². The standard InChI is InChI=1S/C18H16ClN3O/c1-12(13-6-3-2-4-7-13)21-18(23)16-11-20-22-17(16)14-8-5-9-15(19)10-14/h2-12H,1H3,(H,20,22)(H,21,23). The van der Waals surface area contributed by atoms with E-state index in [2.05, 4.69) is 15.5 Å². The maximum atomic E-state index is 12.6. The van der Waals surface area contributed by atoms with E-state index in [1.54, 1.807) is 12.1 Å². The average Bonchev–Trinajstić information content (AvgIpc) is 3.05. The quantitative estimate of drug-likeness (QED) is 0.754. The van der Waals surface area contributed by atoms with Crippen molar-refractivity contribution in [3.63, 3.8) is 0 Å². The highest BCUT2D eigenvalue weighted by Gasteiger charge is 2.17. The van der Waals surface area contributed by atoms with Gasteiger partial charge in [0.2, 0.25) is 0 Å². The zero-order valence-electron chi connectivity index (χ0n) is 12.6. The van der Waals surface area contributed by atoms with Gasteiger partial charge < -0.3 is 5.32 Å². The number of hydrogen-bond donors (Lipinski definition) is 2. The van der Waals surface area contributed by atoms with Gasteiger partial charge in [0.25, 0.3) is 5.91 Å². The lowest BCUT2D eigenvalue weighted by atomic mass is 10.1. The van der Waals surface area contributed by atoms with Crippen molar-refractivity contribution in [2.75, 3.05) is 0 Å².